The lowest BCUT2D eigenvalue weighted by Crippen LogP contribution is -2.07. The van der Waals surface area contributed by atoms with Crippen LogP contribution in [0.1, 0.15) is 5.69 Å². The predicted molar refractivity (Wildman–Crippen MR) is 68.4 cm³/mol. The number of H-pyrrole nitrogens is 1. The Balaban J connectivity index is 0.000000245. The highest BCUT2D eigenvalue weighted by atomic mass is 127. The minimum atomic E-state index is -2.17. The van der Waals surface area contributed by atoms with Gasteiger partial charge in [-0.3, -0.25) is 0 Å². The molecule has 6 heteroatoms. The average Bonchev–Trinajstić information content (AvgIpc) is 2.59. The molecule has 15 heavy (non-hydrogen) atoms. The Morgan fingerprint density at radius 3 is 2.33 bits per heavy atom. The topological polar surface area (TPSA) is 76.5 Å². The Kier molecular flexibility index (Phi) is 5.10. The van der Waals surface area contributed by atoms with Crippen molar-refractivity contribution in [1.82, 2.24) is 4.98 Å². The molecular weight excluding hydrogens is 308 g/mol. The van der Waals surface area contributed by atoms with Gasteiger partial charge in [0.1, 0.15) is 0 Å². The minimum Gasteiger partial charge on any atom is -0.402 e. The maximum atomic E-state index is 7.17. The number of alkyl halides is 1. The summed E-state index contributed by atoms with van der Waals surface area (Å²) in [6.07, 6.45) is 0. The van der Waals surface area contributed by atoms with Gasteiger partial charge in [-0.1, -0.05) is 40.8 Å². The van der Waals surface area contributed by atoms with Crippen molar-refractivity contribution < 1.29 is 15.1 Å². The van der Waals surface area contributed by atoms with E-state index in [1.54, 1.807) is 0 Å². The van der Waals surface area contributed by atoms with Gasteiger partial charge in [0.25, 0.3) is 0 Å². The fourth-order valence-corrected chi connectivity index (χ4v) is 1.62. The molecule has 0 saturated carbocycles. The maximum Gasteiger partial charge on any atom is 0.631 e. The quantitative estimate of drug-likeness (QED) is 0.361. The Hall–Kier alpha value is -0.565. The van der Waals surface area contributed by atoms with Crippen molar-refractivity contribution in [3.05, 3.63) is 36.0 Å². The molecule has 4 N–H and O–H groups in total. The van der Waals surface area contributed by atoms with Crippen LogP contribution >= 0.6 is 22.6 Å². The van der Waals surface area contributed by atoms with E-state index < -0.39 is 7.32 Å². The molecule has 0 atom stereocenters. The van der Waals surface area contributed by atoms with E-state index in [-0.39, 0.29) is 0 Å². The van der Waals surface area contributed by atoms with E-state index >= 15 is 0 Å². The van der Waals surface area contributed by atoms with Gasteiger partial charge in [0.2, 0.25) is 0 Å². The van der Waals surface area contributed by atoms with E-state index in [0.29, 0.717) is 0 Å². The van der Waals surface area contributed by atoms with Crippen LogP contribution < -0.4 is 0 Å². The van der Waals surface area contributed by atoms with Crippen molar-refractivity contribution in [2.24, 2.45) is 0 Å². The summed E-state index contributed by atoms with van der Waals surface area (Å²) < 4.78 is 1.05. The first-order chi connectivity index (χ1) is 7.13. The molecule has 0 aliphatic heterocycles. The molecule has 1 heterocycles. The fourth-order valence-electron chi connectivity index (χ4n) is 1.21. The molecule has 80 valence electrons. The number of para-hydroxylation sites is 1. The summed E-state index contributed by atoms with van der Waals surface area (Å²) in [6, 6.07) is 10.5. The van der Waals surface area contributed by atoms with Crippen LogP contribution in [-0.2, 0) is 4.43 Å². The summed E-state index contributed by atoms with van der Waals surface area (Å²) in [7, 11) is -2.17. The molecule has 0 aliphatic rings. The first-order valence-electron chi connectivity index (χ1n) is 4.30. The zero-order valence-corrected chi connectivity index (χ0v) is 10.0. The Morgan fingerprint density at radius 1 is 1.20 bits per heavy atom. The molecule has 2 aromatic rings. The van der Waals surface area contributed by atoms with Gasteiger partial charge in [-0.05, 0) is 17.5 Å². The Bertz CT molecular complexity index is 383. The van der Waals surface area contributed by atoms with Crippen LogP contribution in [0.15, 0.2) is 30.3 Å². The van der Waals surface area contributed by atoms with E-state index in [9.17, 15) is 0 Å². The van der Waals surface area contributed by atoms with Crippen molar-refractivity contribution in [3.63, 3.8) is 0 Å². The fraction of sp³-hybridized carbons (Fsp3) is 0.111. The summed E-state index contributed by atoms with van der Waals surface area (Å²) in [5.41, 5.74) is 2.53. The van der Waals surface area contributed by atoms with Crippen LogP contribution in [-0.4, -0.2) is 27.4 Å². The van der Waals surface area contributed by atoms with Crippen molar-refractivity contribution in [1.29, 1.82) is 0 Å². The predicted octanol–water partition coefficient (Wildman–Crippen LogP) is 1.05. The van der Waals surface area contributed by atoms with Crippen molar-refractivity contribution in [2.45, 2.75) is 4.43 Å². The third-order valence-electron chi connectivity index (χ3n) is 1.73. The molecule has 0 saturated heterocycles. The largest absolute Gasteiger partial charge is 0.631 e. The molecule has 1 aromatic heterocycles. The van der Waals surface area contributed by atoms with Crippen LogP contribution in [0.3, 0.4) is 0 Å². The maximum absolute atomic E-state index is 7.17. The van der Waals surface area contributed by atoms with E-state index in [0.717, 1.165) is 4.43 Å². The lowest BCUT2D eigenvalue weighted by Gasteiger charge is -1.84. The van der Waals surface area contributed by atoms with Crippen LogP contribution in [0.5, 0.6) is 0 Å². The van der Waals surface area contributed by atoms with E-state index in [1.807, 2.05) is 0 Å². The van der Waals surface area contributed by atoms with E-state index in [2.05, 4.69) is 57.9 Å². The second-order valence-corrected chi connectivity index (χ2v) is 3.62. The normalized spacial score (nSPS) is 9.60. The lowest BCUT2D eigenvalue weighted by atomic mass is 10.2. The number of rotatable bonds is 1. The smallest absolute Gasteiger partial charge is 0.402 e. The molecule has 0 amide bonds. The molecule has 0 fully saturated rings. The molecule has 4 nitrogen and oxygen atoms in total. The molecule has 0 aliphatic carbocycles. The molecular formula is C9H11BINO3. The van der Waals surface area contributed by atoms with Gasteiger partial charge in [-0.2, -0.15) is 0 Å². The van der Waals surface area contributed by atoms with Crippen molar-refractivity contribution in [3.8, 4) is 0 Å². The van der Waals surface area contributed by atoms with E-state index in [1.165, 1.54) is 16.6 Å². The summed E-state index contributed by atoms with van der Waals surface area (Å²) in [5, 5.41) is 22.8. The highest BCUT2D eigenvalue weighted by Gasteiger charge is 1.96. The molecule has 0 radical (unpaired) electrons. The minimum absolute atomic E-state index is 1.05. The zero-order valence-electron chi connectivity index (χ0n) is 7.89. The number of fused-ring (bicyclic) bond motifs is 1. The summed E-state index contributed by atoms with van der Waals surface area (Å²) in [6.45, 7) is 0. The standard InChI is InChI=1S/C9H8IN.BH3O3/c10-6-8-5-7-3-1-2-4-9(7)11-8;2-1(3)4/h1-5,11H,6H2;2-4H. The van der Waals surface area contributed by atoms with Gasteiger partial charge in [0, 0.05) is 15.6 Å². The first kappa shape index (κ1) is 12.5. The second-order valence-electron chi connectivity index (χ2n) is 2.86. The number of hydrogen-bond acceptors (Lipinski definition) is 3. The summed E-state index contributed by atoms with van der Waals surface area (Å²) >= 11 is 2.36. The number of halogens is 1. The monoisotopic (exact) mass is 319 g/mol. The van der Waals surface area contributed by atoms with Gasteiger partial charge < -0.3 is 20.1 Å². The van der Waals surface area contributed by atoms with Crippen molar-refractivity contribution >= 4 is 40.8 Å². The number of hydrogen-bond donors (Lipinski definition) is 4. The van der Waals surface area contributed by atoms with Gasteiger partial charge in [0.15, 0.2) is 0 Å². The molecule has 0 unspecified atom stereocenters. The van der Waals surface area contributed by atoms with Crippen LogP contribution in [0, 0.1) is 0 Å². The summed E-state index contributed by atoms with van der Waals surface area (Å²) in [5.74, 6) is 0. The van der Waals surface area contributed by atoms with Gasteiger partial charge in [-0.15, -0.1) is 0 Å². The number of benzene rings is 1. The van der Waals surface area contributed by atoms with Crippen LogP contribution in [0.2, 0.25) is 0 Å². The molecule has 0 bridgehead atoms. The zero-order chi connectivity index (χ0) is 11.3. The number of nitrogens with one attached hydrogen (secondary N) is 1. The molecule has 2 rings (SSSR count). The number of aromatic nitrogens is 1. The molecule has 0 spiro atoms. The van der Waals surface area contributed by atoms with Gasteiger partial charge in [-0.25, -0.2) is 0 Å². The lowest BCUT2D eigenvalue weighted by molar-refractivity contribution is 0.278. The second kappa shape index (κ2) is 6.11. The van der Waals surface area contributed by atoms with Crippen LogP contribution in [0.25, 0.3) is 10.9 Å². The first-order valence-corrected chi connectivity index (χ1v) is 5.83. The molecule has 1 aromatic carbocycles. The van der Waals surface area contributed by atoms with E-state index in [4.69, 9.17) is 15.1 Å². The Labute approximate surface area is 101 Å². The third kappa shape index (κ3) is 4.21. The third-order valence-corrected chi connectivity index (χ3v) is 2.55. The van der Waals surface area contributed by atoms with Crippen molar-refractivity contribution in [2.75, 3.05) is 0 Å². The Morgan fingerprint density at radius 2 is 1.80 bits per heavy atom. The van der Waals surface area contributed by atoms with Crippen LogP contribution in [0.4, 0.5) is 0 Å². The van der Waals surface area contributed by atoms with Gasteiger partial charge in [0.05, 0.1) is 0 Å². The average molecular weight is 319 g/mol. The SMILES string of the molecule is ICc1cc2ccccc2[nH]1.OB(O)O. The highest BCUT2D eigenvalue weighted by molar-refractivity contribution is 14.1. The highest BCUT2D eigenvalue weighted by Crippen LogP contribution is 2.15. The summed E-state index contributed by atoms with van der Waals surface area (Å²) in [4.78, 5) is 3.34. The number of aromatic amines is 1. The van der Waals surface area contributed by atoms with Gasteiger partial charge >= 0.3 is 7.32 Å².